The molecule has 1 aromatic heterocycles. The third kappa shape index (κ3) is 5.99. The van der Waals surface area contributed by atoms with Crippen LogP contribution in [-0.2, 0) is 0 Å². The van der Waals surface area contributed by atoms with E-state index in [2.05, 4.69) is 25.6 Å². The van der Waals surface area contributed by atoms with Gasteiger partial charge in [-0.2, -0.15) is 5.10 Å². The summed E-state index contributed by atoms with van der Waals surface area (Å²) >= 11 is 7.05. The van der Waals surface area contributed by atoms with Gasteiger partial charge in [0.1, 0.15) is 12.1 Å². The molecule has 198 valence electrons. The summed E-state index contributed by atoms with van der Waals surface area (Å²) in [6.45, 7) is 2.02. The van der Waals surface area contributed by atoms with Gasteiger partial charge >= 0.3 is 6.36 Å². The standard InChI is InChI=1S/C28H22F3N5OS2/c1-17-4-3-5-24(39-2)25(17)34-27(38)35-33-15-18-6-12-22-19(14-18)7-13-23-26(22)32-16-36(23)20-8-10-21(11-9-20)37-28(29,30)31/h3-16H,1-2H3,(H2,34,35,38). The number of rotatable bonds is 6. The molecular formula is C28H22F3N5OS2. The van der Waals surface area contributed by atoms with Crippen LogP contribution in [0.1, 0.15) is 11.1 Å². The Bertz CT molecular complexity index is 1700. The van der Waals surface area contributed by atoms with Gasteiger partial charge in [-0.15, -0.1) is 24.9 Å². The van der Waals surface area contributed by atoms with E-state index in [4.69, 9.17) is 12.2 Å². The molecule has 2 N–H and O–H groups in total. The quantitative estimate of drug-likeness (QED) is 0.0967. The summed E-state index contributed by atoms with van der Waals surface area (Å²) in [5, 5.41) is 9.79. The van der Waals surface area contributed by atoms with Crippen LogP contribution in [0.15, 0.2) is 89.1 Å². The first-order valence-corrected chi connectivity index (χ1v) is 13.3. The zero-order valence-corrected chi connectivity index (χ0v) is 22.4. The first kappa shape index (κ1) is 26.5. The van der Waals surface area contributed by atoms with Crippen LogP contribution in [0.25, 0.3) is 27.5 Å². The lowest BCUT2D eigenvalue weighted by Gasteiger charge is -2.13. The summed E-state index contributed by atoms with van der Waals surface area (Å²) in [4.78, 5) is 5.66. The molecule has 0 amide bonds. The lowest BCUT2D eigenvalue weighted by atomic mass is 10.1. The number of ether oxygens (including phenoxy) is 1. The topological polar surface area (TPSA) is 63.5 Å². The zero-order chi connectivity index (χ0) is 27.6. The summed E-state index contributed by atoms with van der Waals surface area (Å²) in [5.41, 5.74) is 8.05. The second kappa shape index (κ2) is 11.0. The summed E-state index contributed by atoms with van der Waals surface area (Å²) < 4.78 is 43.2. The number of hydrazone groups is 1. The number of hydrogen-bond donors (Lipinski definition) is 2. The molecule has 6 nitrogen and oxygen atoms in total. The third-order valence-corrected chi connectivity index (χ3v) is 6.95. The molecule has 11 heteroatoms. The second-order valence-corrected chi connectivity index (χ2v) is 9.80. The predicted molar refractivity (Wildman–Crippen MR) is 155 cm³/mol. The fourth-order valence-electron chi connectivity index (χ4n) is 4.20. The normalized spacial score (nSPS) is 11.8. The Hall–Kier alpha value is -4.09. The lowest BCUT2D eigenvalue weighted by Crippen LogP contribution is -2.24. The Morgan fingerprint density at radius 2 is 1.87 bits per heavy atom. The van der Waals surface area contributed by atoms with E-state index < -0.39 is 6.36 Å². The molecule has 0 bridgehead atoms. The van der Waals surface area contributed by atoms with Crippen molar-refractivity contribution in [2.45, 2.75) is 18.2 Å². The molecule has 0 aliphatic rings. The third-order valence-electron chi connectivity index (χ3n) is 5.98. The zero-order valence-electron chi connectivity index (χ0n) is 20.8. The molecule has 0 aliphatic heterocycles. The van der Waals surface area contributed by atoms with Crippen molar-refractivity contribution in [3.63, 3.8) is 0 Å². The van der Waals surface area contributed by atoms with Crippen LogP contribution in [0.4, 0.5) is 18.9 Å². The number of aryl methyl sites for hydroxylation is 1. The summed E-state index contributed by atoms with van der Waals surface area (Å²) in [6.07, 6.45) is 0.618. The highest BCUT2D eigenvalue weighted by atomic mass is 32.2. The van der Waals surface area contributed by atoms with Gasteiger partial charge in [0.25, 0.3) is 0 Å². The molecule has 0 saturated heterocycles. The number of thioether (sulfide) groups is 1. The molecule has 0 radical (unpaired) electrons. The van der Waals surface area contributed by atoms with E-state index in [-0.39, 0.29) is 5.75 Å². The largest absolute Gasteiger partial charge is 0.573 e. The average molecular weight is 566 g/mol. The molecule has 0 fully saturated rings. The summed E-state index contributed by atoms with van der Waals surface area (Å²) in [7, 11) is 0. The number of alkyl halides is 3. The van der Waals surface area contributed by atoms with Gasteiger partial charge in [0.2, 0.25) is 0 Å². The number of hydrogen-bond acceptors (Lipinski definition) is 5. The highest BCUT2D eigenvalue weighted by molar-refractivity contribution is 7.98. The maximum absolute atomic E-state index is 12.5. The SMILES string of the molecule is CSc1cccc(C)c1NC(=S)NN=Cc1ccc2c(ccc3c2ncn3-c2ccc(OC(F)(F)F)cc2)c1. The van der Waals surface area contributed by atoms with Crippen LogP contribution in [0.2, 0.25) is 0 Å². The van der Waals surface area contributed by atoms with Crippen LogP contribution in [0.5, 0.6) is 5.75 Å². The van der Waals surface area contributed by atoms with E-state index >= 15 is 0 Å². The number of fused-ring (bicyclic) bond motifs is 3. The smallest absolute Gasteiger partial charge is 0.406 e. The molecule has 39 heavy (non-hydrogen) atoms. The van der Waals surface area contributed by atoms with Gasteiger partial charge in [0.05, 0.1) is 22.9 Å². The van der Waals surface area contributed by atoms with Gasteiger partial charge in [0, 0.05) is 16.0 Å². The van der Waals surface area contributed by atoms with Crippen molar-refractivity contribution >= 4 is 62.8 Å². The maximum atomic E-state index is 12.5. The van der Waals surface area contributed by atoms with Crippen molar-refractivity contribution < 1.29 is 17.9 Å². The van der Waals surface area contributed by atoms with E-state index in [1.807, 2.05) is 66.3 Å². The average Bonchev–Trinajstić information content (AvgIpc) is 3.34. The molecule has 0 saturated carbocycles. The van der Waals surface area contributed by atoms with Gasteiger partial charge < -0.3 is 10.1 Å². The van der Waals surface area contributed by atoms with Crippen molar-refractivity contribution in [1.29, 1.82) is 0 Å². The highest BCUT2D eigenvalue weighted by Gasteiger charge is 2.31. The molecule has 0 aliphatic carbocycles. The number of para-hydroxylation sites is 1. The monoisotopic (exact) mass is 565 g/mol. The van der Waals surface area contributed by atoms with Crippen LogP contribution < -0.4 is 15.5 Å². The molecule has 1 heterocycles. The number of thiocarbonyl (C=S) groups is 1. The summed E-state index contributed by atoms with van der Waals surface area (Å²) in [5.74, 6) is -0.277. The highest BCUT2D eigenvalue weighted by Crippen LogP contribution is 2.30. The van der Waals surface area contributed by atoms with Crippen molar-refractivity contribution in [3.8, 4) is 11.4 Å². The van der Waals surface area contributed by atoms with Crippen molar-refractivity contribution in [2.24, 2.45) is 5.10 Å². The first-order valence-electron chi connectivity index (χ1n) is 11.7. The second-order valence-electron chi connectivity index (χ2n) is 8.55. The minimum Gasteiger partial charge on any atom is -0.406 e. The van der Waals surface area contributed by atoms with Crippen LogP contribution in [-0.4, -0.2) is 33.5 Å². The van der Waals surface area contributed by atoms with Crippen molar-refractivity contribution in [3.05, 3.63) is 90.3 Å². The Morgan fingerprint density at radius 1 is 1.08 bits per heavy atom. The minimum absolute atomic E-state index is 0.277. The van der Waals surface area contributed by atoms with Crippen LogP contribution in [0.3, 0.4) is 0 Å². The van der Waals surface area contributed by atoms with E-state index in [1.165, 1.54) is 12.1 Å². The van der Waals surface area contributed by atoms with Gasteiger partial charge in [0.15, 0.2) is 5.11 Å². The molecule has 4 aromatic carbocycles. The Balaban J connectivity index is 1.32. The van der Waals surface area contributed by atoms with Crippen molar-refractivity contribution in [2.75, 3.05) is 11.6 Å². The molecule has 0 unspecified atom stereocenters. The fourth-order valence-corrected chi connectivity index (χ4v) is 4.99. The lowest BCUT2D eigenvalue weighted by molar-refractivity contribution is -0.274. The fraction of sp³-hybridized carbons (Fsp3) is 0.107. The summed E-state index contributed by atoms with van der Waals surface area (Å²) in [6, 6.07) is 21.5. The number of benzene rings is 4. The van der Waals surface area contributed by atoms with Crippen LogP contribution in [0, 0.1) is 6.92 Å². The van der Waals surface area contributed by atoms with E-state index in [0.29, 0.717) is 10.8 Å². The van der Waals surface area contributed by atoms with Crippen LogP contribution >= 0.6 is 24.0 Å². The maximum Gasteiger partial charge on any atom is 0.573 e. The number of halogens is 3. The first-order chi connectivity index (χ1) is 18.7. The molecule has 5 aromatic rings. The molecule has 0 atom stereocenters. The van der Waals surface area contributed by atoms with E-state index in [1.54, 1.807) is 36.4 Å². The molecule has 0 spiro atoms. The van der Waals surface area contributed by atoms with E-state index in [0.717, 1.165) is 43.5 Å². The molecule has 5 rings (SSSR count). The Kier molecular flexibility index (Phi) is 7.45. The van der Waals surface area contributed by atoms with Gasteiger partial charge in [-0.1, -0.05) is 30.3 Å². The number of aromatic nitrogens is 2. The van der Waals surface area contributed by atoms with Gasteiger partial charge in [-0.05, 0) is 84.4 Å². The molecular weight excluding hydrogens is 543 g/mol. The minimum atomic E-state index is -4.73. The Labute approximate surface area is 231 Å². The van der Waals surface area contributed by atoms with Gasteiger partial charge in [-0.25, -0.2) is 4.98 Å². The number of anilines is 1. The number of nitrogens with zero attached hydrogens (tertiary/aromatic N) is 3. The van der Waals surface area contributed by atoms with Crippen molar-refractivity contribution in [1.82, 2.24) is 15.0 Å². The predicted octanol–water partition coefficient (Wildman–Crippen LogP) is 7.43. The Morgan fingerprint density at radius 3 is 2.62 bits per heavy atom. The van der Waals surface area contributed by atoms with Gasteiger partial charge in [-0.3, -0.25) is 9.99 Å². The number of imidazole rings is 1. The number of nitrogens with one attached hydrogen (secondary N) is 2. The van der Waals surface area contributed by atoms with E-state index in [9.17, 15) is 13.2 Å².